The van der Waals surface area contributed by atoms with Crippen LogP contribution in [0.3, 0.4) is 0 Å². The van der Waals surface area contributed by atoms with Crippen LogP contribution in [0.4, 0.5) is 4.79 Å². The zero-order chi connectivity index (χ0) is 5.70. The van der Waals surface area contributed by atoms with Crippen molar-refractivity contribution in [3.63, 3.8) is 0 Å². The van der Waals surface area contributed by atoms with E-state index in [0.29, 0.717) is 0 Å². The van der Waals surface area contributed by atoms with Gasteiger partial charge in [-0.05, 0) is 18.5 Å². The topological polar surface area (TPSA) is 55.5 Å². The molecular formula is C3H6N2OS. The smallest absolute Gasteiger partial charge is 0.305 e. The molecule has 3 nitrogen and oxygen atoms in total. The van der Waals surface area contributed by atoms with Crippen LogP contribution in [0, 0.1) is 0 Å². The summed E-state index contributed by atoms with van der Waals surface area (Å²) < 4.78 is 0. The van der Waals surface area contributed by atoms with Gasteiger partial charge in [0.2, 0.25) is 0 Å². The van der Waals surface area contributed by atoms with Crippen molar-refractivity contribution in [3.8, 4) is 0 Å². The van der Waals surface area contributed by atoms with Gasteiger partial charge in [-0.2, -0.15) is 0 Å². The summed E-state index contributed by atoms with van der Waals surface area (Å²) in [7, 11) is 0. The largest absolute Gasteiger partial charge is 0.321 e. The number of carbonyl (C=O) groups is 1. The maximum atomic E-state index is 10.1. The number of nitrogens with zero attached hydrogens (tertiary/aromatic N) is 1. The van der Waals surface area contributed by atoms with Crippen LogP contribution in [0.5, 0.6) is 0 Å². The third-order valence-electron chi connectivity index (χ3n) is 0.336. The molecule has 0 radical (unpaired) electrons. The Hall–Kier alpha value is -0.350. The highest BCUT2D eigenvalue weighted by molar-refractivity contribution is 8.13. The predicted octanol–water partition coefficient (Wildman–Crippen LogP) is 0.456. The second-order valence-corrected chi connectivity index (χ2v) is 1.71. The predicted molar refractivity (Wildman–Crippen MR) is 31.6 cm³/mol. The molecule has 0 aliphatic carbocycles. The van der Waals surface area contributed by atoms with Gasteiger partial charge in [-0.15, -0.1) is 0 Å². The highest BCUT2D eigenvalue weighted by Crippen LogP contribution is 1.98. The van der Waals surface area contributed by atoms with Crippen LogP contribution in [0.1, 0.15) is 0 Å². The number of thioether (sulfide) groups is 1. The maximum absolute atomic E-state index is 10.1. The molecule has 0 saturated carbocycles. The number of hydrogen-bond acceptors (Lipinski definition) is 3. The number of carbonyl (C=O) groups excluding carboxylic acids is 1. The first kappa shape index (κ1) is 6.65. The van der Waals surface area contributed by atoms with Crippen LogP contribution in [0.25, 0.3) is 0 Å². The van der Waals surface area contributed by atoms with Gasteiger partial charge in [0.05, 0.1) is 0 Å². The summed E-state index contributed by atoms with van der Waals surface area (Å²) in [5, 5.41) is -0.317. The van der Waals surface area contributed by atoms with Crippen LogP contribution in [-0.2, 0) is 0 Å². The summed E-state index contributed by atoms with van der Waals surface area (Å²) >= 11 is 0.941. The molecule has 0 heterocycles. The Kier molecular flexibility index (Phi) is 3.64. The van der Waals surface area contributed by atoms with E-state index in [9.17, 15) is 4.79 Å². The monoisotopic (exact) mass is 118 g/mol. The highest BCUT2D eigenvalue weighted by Gasteiger charge is 1.90. The molecule has 0 aromatic heterocycles. The quantitative estimate of drug-likeness (QED) is 0.402. The van der Waals surface area contributed by atoms with Gasteiger partial charge in [-0.1, -0.05) is 0 Å². The molecule has 2 N–H and O–H groups in total. The molecule has 0 aliphatic rings. The van der Waals surface area contributed by atoms with Gasteiger partial charge in [-0.3, -0.25) is 4.79 Å². The molecule has 7 heavy (non-hydrogen) atoms. The second-order valence-electron chi connectivity index (χ2n) is 0.735. The molecule has 0 spiro atoms. The van der Waals surface area contributed by atoms with E-state index >= 15 is 0 Å². The van der Waals surface area contributed by atoms with Crippen molar-refractivity contribution in [2.75, 3.05) is 5.88 Å². The van der Waals surface area contributed by atoms with Gasteiger partial charge >= 0.3 is 5.24 Å². The molecule has 0 rings (SSSR count). The van der Waals surface area contributed by atoms with Crippen molar-refractivity contribution < 1.29 is 4.79 Å². The molecule has 0 atom stereocenters. The first-order valence-corrected chi connectivity index (χ1v) is 2.63. The van der Waals surface area contributed by atoms with Crippen molar-refractivity contribution in [2.24, 2.45) is 10.7 Å². The van der Waals surface area contributed by atoms with Gasteiger partial charge in [0, 0.05) is 5.88 Å². The van der Waals surface area contributed by atoms with Gasteiger partial charge in [0.25, 0.3) is 0 Å². The number of rotatable bonds is 1. The fraction of sp³-hybridized carbons (Fsp3) is 0.333. The van der Waals surface area contributed by atoms with E-state index in [2.05, 4.69) is 11.7 Å². The minimum absolute atomic E-state index is 0.276. The molecule has 0 bridgehead atoms. The molecule has 0 fully saturated rings. The average molecular weight is 118 g/mol. The SMILES string of the molecule is C=NC(=O)SCN. The van der Waals surface area contributed by atoms with Gasteiger partial charge in [0.1, 0.15) is 0 Å². The number of hydrogen-bond donors (Lipinski definition) is 1. The molecule has 0 saturated heterocycles. The Morgan fingerprint density at radius 3 is 2.71 bits per heavy atom. The Bertz CT molecular complexity index is 83.0. The first-order valence-electron chi connectivity index (χ1n) is 1.65. The van der Waals surface area contributed by atoms with Crippen LogP contribution < -0.4 is 5.73 Å². The van der Waals surface area contributed by atoms with Crippen molar-refractivity contribution in [1.82, 2.24) is 0 Å². The lowest BCUT2D eigenvalue weighted by atomic mass is 11.3. The van der Waals surface area contributed by atoms with Crippen molar-refractivity contribution in [1.29, 1.82) is 0 Å². The minimum atomic E-state index is -0.317. The lowest BCUT2D eigenvalue weighted by Crippen LogP contribution is -1.95. The summed E-state index contributed by atoms with van der Waals surface area (Å²) in [6.45, 7) is 3.00. The lowest BCUT2D eigenvalue weighted by Gasteiger charge is -1.82. The summed E-state index contributed by atoms with van der Waals surface area (Å²) in [6.07, 6.45) is 0. The molecule has 0 aromatic rings. The van der Waals surface area contributed by atoms with E-state index in [-0.39, 0.29) is 11.1 Å². The summed E-state index contributed by atoms with van der Waals surface area (Å²) in [4.78, 5) is 13.1. The van der Waals surface area contributed by atoms with Crippen LogP contribution in [-0.4, -0.2) is 17.8 Å². The van der Waals surface area contributed by atoms with E-state index in [1.807, 2.05) is 0 Å². The lowest BCUT2D eigenvalue weighted by molar-refractivity contribution is 0.267. The van der Waals surface area contributed by atoms with Crippen molar-refractivity contribution in [2.45, 2.75) is 0 Å². The normalized spacial score (nSPS) is 8.14. The molecule has 0 aromatic carbocycles. The third kappa shape index (κ3) is 3.48. The van der Waals surface area contributed by atoms with Crippen LogP contribution in [0.2, 0.25) is 0 Å². The highest BCUT2D eigenvalue weighted by atomic mass is 32.2. The van der Waals surface area contributed by atoms with Crippen molar-refractivity contribution in [3.05, 3.63) is 0 Å². The molecule has 0 aliphatic heterocycles. The van der Waals surface area contributed by atoms with Crippen LogP contribution >= 0.6 is 11.8 Å². The third-order valence-corrected chi connectivity index (χ3v) is 0.879. The van der Waals surface area contributed by atoms with Crippen molar-refractivity contribution >= 4 is 23.7 Å². The first-order chi connectivity index (χ1) is 3.31. The maximum Gasteiger partial charge on any atom is 0.305 e. The molecule has 4 heteroatoms. The second kappa shape index (κ2) is 3.83. The molecule has 40 valence electrons. The Morgan fingerprint density at radius 2 is 2.57 bits per heavy atom. The van der Waals surface area contributed by atoms with E-state index in [4.69, 9.17) is 5.73 Å². The zero-order valence-electron chi connectivity index (χ0n) is 3.76. The Morgan fingerprint density at radius 1 is 2.00 bits per heavy atom. The number of nitrogens with two attached hydrogens (primary N) is 1. The Labute approximate surface area is 46.0 Å². The van der Waals surface area contributed by atoms with E-state index in [1.165, 1.54) is 0 Å². The number of aliphatic imine (C=N–C) groups is 1. The minimum Gasteiger partial charge on any atom is -0.321 e. The van der Waals surface area contributed by atoms with E-state index < -0.39 is 0 Å². The fourth-order valence-corrected chi connectivity index (χ4v) is 0.351. The van der Waals surface area contributed by atoms with Crippen LogP contribution in [0.15, 0.2) is 4.99 Å². The van der Waals surface area contributed by atoms with Gasteiger partial charge in [0.15, 0.2) is 0 Å². The molecule has 1 amide bonds. The number of amides is 1. The van der Waals surface area contributed by atoms with E-state index in [0.717, 1.165) is 11.8 Å². The standard InChI is InChI=1S/C3H6N2OS/c1-5-3(6)7-2-4/h1-2,4H2. The fourth-order valence-electron chi connectivity index (χ4n) is 0.117. The summed E-state index contributed by atoms with van der Waals surface area (Å²) in [5.41, 5.74) is 4.96. The van der Waals surface area contributed by atoms with Gasteiger partial charge in [-0.25, -0.2) is 4.99 Å². The summed E-state index contributed by atoms with van der Waals surface area (Å²) in [5.74, 6) is 0.276. The average Bonchev–Trinajstić information content (AvgIpc) is 1.68. The molecule has 0 unspecified atom stereocenters. The Balaban J connectivity index is 3.17. The zero-order valence-corrected chi connectivity index (χ0v) is 4.57. The van der Waals surface area contributed by atoms with Gasteiger partial charge < -0.3 is 5.73 Å². The van der Waals surface area contributed by atoms with E-state index in [1.54, 1.807) is 0 Å². The summed E-state index contributed by atoms with van der Waals surface area (Å²) in [6, 6.07) is 0. The molecular weight excluding hydrogens is 112 g/mol.